The van der Waals surface area contributed by atoms with Crippen molar-refractivity contribution in [3.8, 4) is 5.75 Å². The standard InChI is InChI=1S/C24H27N3O2/c1-26-15-5-9-22(26)23-10-6-16-27(23)17-24(28)25-20-11-13-21(14-12-20)29-18-19-7-3-2-4-8-19/h2-5,7-9,11-15,23H,6,10,16-18H2,1H3,(H,25,28)/p+1/t23-/m0/s1. The minimum atomic E-state index is 0.0547. The van der Waals surface area contributed by atoms with Crippen LogP contribution in [0.2, 0.25) is 0 Å². The molecular weight excluding hydrogens is 362 g/mol. The summed E-state index contributed by atoms with van der Waals surface area (Å²) in [5.74, 6) is 0.847. The van der Waals surface area contributed by atoms with Crippen molar-refractivity contribution in [2.45, 2.75) is 25.5 Å². The van der Waals surface area contributed by atoms with Crippen molar-refractivity contribution in [2.75, 3.05) is 18.4 Å². The maximum absolute atomic E-state index is 12.6. The summed E-state index contributed by atoms with van der Waals surface area (Å²) in [6.45, 7) is 2.06. The van der Waals surface area contributed by atoms with Crippen molar-refractivity contribution in [3.05, 3.63) is 84.2 Å². The highest BCUT2D eigenvalue weighted by Crippen LogP contribution is 2.19. The molecule has 1 aliphatic heterocycles. The summed E-state index contributed by atoms with van der Waals surface area (Å²) in [6, 6.07) is 22.3. The number of nitrogens with zero attached hydrogens (tertiary/aromatic N) is 1. The third kappa shape index (κ3) is 4.87. The number of amides is 1. The molecule has 5 heteroatoms. The molecule has 29 heavy (non-hydrogen) atoms. The second kappa shape index (κ2) is 8.97. The molecule has 1 aliphatic rings. The average Bonchev–Trinajstić information content (AvgIpc) is 3.36. The van der Waals surface area contributed by atoms with Crippen molar-refractivity contribution in [1.82, 2.24) is 4.57 Å². The Balaban J connectivity index is 1.30. The first kappa shape index (κ1) is 19.3. The SMILES string of the molecule is Cn1cccc1[C@@H]1CCC[NH+]1CC(=O)Nc1ccc(OCc2ccccc2)cc1. The lowest BCUT2D eigenvalue weighted by Gasteiger charge is -2.21. The average molecular weight is 391 g/mol. The Labute approximate surface area is 171 Å². The fraction of sp³-hybridized carbons (Fsp3) is 0.292. The van der Waals surface area contributed by atoms with E-state index < -0.39 is 0 Å². The Bertz CT molecular complexity index is 934. The lowest BCUT2D eigenvalue weighted by Crippen LogP contribution is -3.11. The molecule has 0 radical (unpaired) electrons. The van der Waals surface area contributed by atoms with Gasteiger partial charge in [-0.2, -0.15) is 0 Å². The first-order chi connectivity index (χ1) is 14.2. The number of carbonyl (C=O) groups excluding carboxylic acids is 1. The van der Waals surface area contributed by atoms with Crippen LogP contribution >= 0.6 is 0 Å². The Morgan fingerprint density at radius 2 is 1.90 bits per heavy atom. The number of likely N-dealkylation sites (tertiary alicyclic amines) is 1. The van der Waals surface area contributed by atoms with E-state index >= 15 is 0 Å². The van der Waals surface area contributed by atoms with E-state index in [9.17, 15) is 4.79 Å². The Hall–Kier alpha value is -3.05. The maximum atomic E-state index is 12.6. The van der Waals surface area contributed by atoms with Gasteiger partial charge in [0.2, 0.25) is 0 Å². The van der Waals surface area contributed by atoms with E-state index in [-0.39, 0.29) is 5.91 Å². The van der Waals surface area contributed by atoms with Crippen LogP contribution in [-0.2, 0) is 18.4 Å². The summed E-state index contributed by atoms with van der Waals surface area (Å²) in [7, 11) is 2.08. The summed E-state index contributed by atoms with van der Waals surface area (Å²) >= 11 is 0. The van der Waals surface area contributed by atoms with Gasteiger partial charge >= 0.3 is 0 Å². The fourth-order valence-corrected chi connectivity index (χ4v) is 4.10. The highest BCUT2D eigenvalue weighted by molar-refractivity contribution is 5.91. The summed E-state index contributed by atoms with van der Waals surface area (Å²) in [5, 5.41) is 3.03. The van der Waals surface area contributed by atoms with Gasteiger partial charge in [0.05, 0.1) is 12.2 Å². The van der Waals surface area contributed by atoms with Crippen LogP contribution in [0.15, 0.2) is 72.9 Å². The van der Waals surface area contributed by atoms with E-state index in [0.29, 0.717) is 19.2 Å². The summed E-state index contributed by atoms with van der Waals surface area (Å²) < 4.78 is 7.98. The third-order valence-electron chi connectivity index (χ3n) is 5.60. The van der Waals surface area contributed by atoms with Crippen molar-refractivity contribution in [2.24, 2.45) is 7.05 Å². The van der Waals surface area contributed by atoms with Crippen LogP contribution in [0.4, 0.5) is 5.69 Å². The van der Waals surface area contributed by atoms with Gasteiger partial charge in [0, 0.05) is 31.8 Å². The van der Waals surface area contributed by atoms with E-state index in [4.69, 9.17) is 4.74 Å². The van der Waals surface area contributed by atoms with Crippen LogP contribution in [-0.4, -0.2) is 23.6 Å². The zero-order chi connectivity index (χ0) is 20.1. The van der Waals surface area contributed by atoms with Crippen LogP contribution in [0.1, 0.15) is 30.1 Å². The number of rotatable bonds is 7. The quantitative estimate of drug-likeness (QED) is 0.652. The van der Waals surface area contributed by atoms with Gasteiger partial charge in [-0.15, -0.1) is 0 Å². The number of benzene rings is 2. The van der Waals surface area contributed by atoms with E-state index in [0.717, 1.165) is 36.4 Å². The van der Waals surface area contributed by atoms with Gasteiger partial charge in [-0.05, 0) is 42.0 Å². The highest BCUT2D eigenvalue weighted by atomic mass is 16.5. The molecule has 1 fully saturated rings. The Kier molecular flexibility index (Phi) is 5.96. The van der Waals surface area contributed by atoms with Crippen LogP contribution < -0.4 is 15.0 Å². The van der Waals surface area contributed by atoms with Gasteiger partial charge < -0.3 is 19.5 Å². The van der Waals surface area contributed by atoms with Crippen LogP contribution in [0.5, 0.6) is 5.75 Å². The number of quaternary nitrogens is 1. The minimum absolute atomic E-state index is 0.0547. The molecule has 0 spiro atoms. The minimum Gasteiger partial charge on any atom is -0.489 e. The monoisotopic (exact) mass is 390 g/mol. The molecule has 3 aromatic rings. The van der Waals surface area contributed by atoms with Crippen LogP contribution in [0, 0.1) is 0 Å². The fourth-order valence-electron chi connectivity index (χ4n) is 4.10. The topological polar surface area (TPSA) is 47.7 Å². The van der Waals surface area contributed by atoms with E-state index in [1.54, 1.807) is 0 Å². The number of aryl methyl sites for hydroxylation is 1. The van der Waals surface area contributed by atoms with Crippen molar-refractivity contribution in [3.63, 3.8) is 0 Å². The molecule has 1 unspecified atom stereocenters. The van der Waals surface area contributed by atoms with Crippen molar-refractivity contribution >= 4 is 11.6 Å². The smallest absolute Gasteiger partial charge is 0.279 e. The second-order valence-corrected chi connectivity index (χ2v) is 7.67. The number of anilines is 1. The van der Waals surface area contributed by atoms with Gasteiger partial charge in [0.25, 0.3) is 5.91 Å². The Morgan fingerprint density at radius 3 is 2.62 bits per heavy atom. The maximum Gasteiger partial charge on any atom is 0.279 e. The van der Waals surface area contributed by atoms with Crippen molar-refractivity contribution in [1.29, 1.82) is 0 Å². The second-order valence-electron chi connectivity index (χ2n) is 7.67. The molecule has 2 heterocycles. The molecule has 1 amide bonds. The number of carbonyl (C=O) groups is 1. The van der Waals surface area contributed by atoms with Crippen LogP contribution in [0.25, 0.3) is 0 Å². The van der Waals surface area contributed by atoms with E-state index in [1.165, 1.54) is 10.6 Å². The molecule has 4 rings (SSSR count). The molecule has 2 atom stereocenters. The zero-order valence-corrected chi connectivity index (χ0v) is 16.8. The predicted octanol–water partition coefficient (Wildman–Crippen LogP) is 2.96. The van der Waals surface area contributed by atoms with Crippen molar-refractivity contribution < 1.29 is 14.4 Å². The summed E-state index contributed by atoms with van der Waals surface area (Å²) in [4.78, 5) is 13.9. The zero-order valence-electron chi connectivity index (χ0n) is 16.8. The first-order valence-electron chi connectivity index (χ1n) is 10.2. The van der Waals surface area contributed by atoms with E-state index in [1.807, 2.05) is 54.6 Å². The molecule has 0 bridgehead atoms. The molecule has 0 saturated carbocycles. The molecule has 1 saturated heterocycles. The van der Waals surface area contributed by atoms with Gasteiger partial charge in [-0.25, -0.2) is 0 Å². The number of nitrogens with one attached hydrogen (secondary N) is 2. The Morgan fingerprint density at radius 1 is 1.10 bits per heavy atom. The van der Waals surface area contributed by atoms with E-state index in [2.05, 4.69) is 35.3 Å². The molecule has 2 aromatic carbocycles. The van der Waals surface area contributed by atoms with Gasteiger partial charge in [-0.1, -0.05) is 30.3 Å². The molecule has 150 valence electrons. The molecular formula is C24H28N3O2+. The molecule has 0 aliphatic carbocycles. The largest absolute Gasteiger partial charge is 0.489 e. The molecule has 5 nitrogen and oxygen atoms in total. The van der Waals surface area contributed by atoms with Crippen LogP contribution in [0.3, 0.4) is 0 Å². The third-order valence-corrected chi connectivity index (χ3v) is 5.60. The first-order valence-corrected chi connectivity index (χ1v) is 10.2. The van der Waals surface area contributed by atoms with Gasteiger partial charge in [-0.3, -0.25) is 4.79 Å². The molecule has 1 aromatic heterocycles. The lowest BCUT2D eigenvalue weighted by atomic mass is 10.1. The summed E-state index contributed by atoms with van der Waals surface area (Å²) in [5.41, 5.74) is 3.24. The van der Waals surface area contributed by atoms with Gasteiger partial charge in [0.1, 0.15) is 18.4 Å². The predicted molar refractivity (Wildman–Crippen MR) is 114 cm³/mol. The van der Waals surface area contributed by atoms with Gasteiger partial charge in [0.15, 0.2) is 6.54 Å². The number of aromatic nitrogens is 1. The number of hydrogen-bond donors (Lipinski definition) is 2. The molecule has 2 N–H and O–H groups in total. The lowest BCUT2D eigenvalue weighted by molar-refractivity contribution is -0.910. The normalized spacial score (nSPS) is 18.5. The summed E-state index contributed by atoms with van der Waals surface area (Å²) in [6.07, 6.45) is 4.37. The highest BCUT2D eigenvalue weighted by Gasteiger charge is 2.32. The number of ether oxygens (including phenoxy) is 1. The number of hydrogen-bond acceptors (Lipinski definition) is 2.